The number of fused-ring (bicyclic) bond motifs is 2. The van der Waals surface area contributed by atoms with Gasteiger partial charge in [-0.15, -0.1) is 0 Å². The Bertz CT molecular complexity index is 1920. The SMILES string of the molecule is COCCCc1ccc(Cl)c(CN(C(=O)C2=C(c3ccc(N4CC[C@@H](Oc5c(Cl)cc(C)cc5Cl)C4)cc3)CC3CC[C@@H]2N3C(=O)OC(C)(C)C)C2CC2)c1. The van der Waals surface area contributed by atoms with Crippen LogP contribution in [-0.2, 0) is 27.2 Å². The van der Waals surface area contributed by atoms with E-state index in [4.69, 9.17) is 49.0 Å². The molecular formula is C44H52Cl3N3O5. The van der Waals surface area contributed by atoms with E-state index >= 15 is 4.79 Å². The van der Waals surface area contributed by atoms with Gasteiger partial charge in [0, 0.05) is 61.6 Å². The zero-order valence-electron chi connectivity index (χ0n) is 32.5. The Morgan fingerprint density at radius 1 is 0.909 bits per heavy atom. The number of hydrogen-bond acceptors (Lipinski definition) is 6. The summed E-state index contributed by atoms with van der Waals surface area (Å²) in [4.78, 5) is 35.1. The van der Waals surface area contributed by atoms with Crippen molar-refractivity contribution in [2.45, 2.75) is 115 Å². The summed E-state index contributed by atoms with van der Waals surface area (Å²) in [6.45, 7) is 10.2. The molecule has 7 rings (SSSR count). The Morgan fingerprint density at radius 2 is 1.64 bits per heavy atom. The van der Waals surface area contributed by atoms with E-state index in [-0.39, 0.29) is 36.2 Å². The molecule has 3 aliphatic heterocycles. The highest BCUT2D eigenvalue weighted by Gasteiger charge is 2.49. The van der Waals surface area contributed by atoms with Crippen molar-refractivity contribution < 1.29 is 23.8 Å². The minimum atomic E-state index is -0.649. The fourth-order valence-corrected chi connectivity index (χ4v) is 9.23. The van der Waals surface area contributed by atoms with Crippen LogP contribution in [0.2, 0.25) is 15.1 Å². The number of anilines is 1. The van der Waals surface area contributed by atoms with Crippen LogP contribution < -0.4 is 9.64 Å². The lowest BCUT2D eigenvalue weighted by atomic mass is 9.87. The third-order valence-corrected chi connectivity index (χ3v) is 12.0. The van der Waals surface area contributed by atoms with Crippen molar-refractivity contribution in [3.05, 3.63) is 97.5 Å². The van der Waals surface area contributed by atoms with Gasteiger partial charge in [-0.25, -0.2) is 4.79 Å². The molecule has 8 nitrogen and oxygen atoms in total. The highest BCUT2D eigenvalue weighted by molar-refractivity contribution is 6.37. The van der Waals surface area contributed by atoms with Gasteiger partial charge in [-0.3, -0.25) is 9.69 Å². The van der Waals surface area contributed by atoms with Gasteiger partial charge in [0.15, 0.2) is 5.75 Å². The molecule has 3 heterocycles. The molecule has 55 heavy (non-hydrogen) atoms. The van der Waals surface area contributed by atoms with Gasteiger partial charge in [-0.05, 0) is 131 Å². The fraction of sp³-hybridized carbons (Fsp3) is 0.500. The number of methoxy groups -OCH3 is 1. The summed E-state index contributed by atoms with van der Waals surface area (Å²) in [7, 11) is 1.71. The highest BCUT2D eigenvalue weighted by atomic mass is 35.5. The molecule has 0 aromatic heterocycles. The second-order valence-corrected chi connectivity index (χ2v) is 17.7. The van der Waals surface area contributed by atoms with Crippen LogP contribution >= 0.6 is 34.8 Å². The number of carbonyl (C=O) groups is 2. The lowest BCUT2D eigenvalue weighted by Crippen LogP contribution is -2.50. The summed E-state index contributed by atoms with van der Waals surface area (Å²) in [6, 6.07) is 18.1. The van der Waals surface area contributed by atoms with Gasteiger partial charge < -0.3 is 24.0 Å². The van der Waals surface area contributed by atoms with Crippen molar-refractivity contribution >= 4 is 58.1 Å². The van der Waals surface area contributed by atoms with E-state index in [0.29, 0.717) is 58.9 Å². The molecule has 0 N–H and O–H groups in total. The van der Waals surface area contributed by atoms with Gasteiger partial charge in [0.2, 0.25) is 0 Å². The normalized spacial score (nSPS) is 21.0. The van der Waals surface area contributed by atoms with Crippen LogP contribution in [0.1, 0.15) is 88.0 Å². The minimum absolute atomic E-state index is 0.0192. The first-order valence-electron chi connectivity index (χ1n) is 19.6. The van der Waals surface area contributed by atoms with Gasteiger partial charge in [0.25, 0.3) is 5.91 Å². The van der Waals surface area contributed by atoms with E-state index in [2.05, 4.69) is 41.3 Å². The largest absolute Gasteiger partial charge is 0.485 e. The number of nitrogens with zero attached hydrogens (tertiary/aromatic N) is 3. The molecule has 1 unspecified atom stereocenters. The van der Waals surface area contributed by atoms with E-state index in [1.807, 2.05) is 55.7 Å². The van der Waals surface area contributed by atoms with Gasteiger partial charge >= 0.3 is 6.09 Å². The second-order valence-electron chi connectivity index (χ2n) is 16.5. The standard InChI is InChI=1S/C44H52Cl3N3O5/c1-27-21-37(46)41(38(47)22-27)54-34-18-19-48(26-34)31-11-9-29(10-12-31)35-24-33-15-17-39(50(33)43(52)55-44(2,3)4)40(35)42(51)49(32-13-14-32)25-30-23-28(7-6-20-53-5)8-16-36(30)45/h8-12,16,21-23,32-34,39H,6-7,13-15,17-20,24-26H2,1-5H3/t33?,34-,39+/m1/s1. The Kier molecular flexibility index (Phi) is 12.0. The Morgan fingerprint density at radius 3 is 2.31 bits per heavy atom. The Hall–Kier alpha value is -3.43. The van der Waals surface area contributed by atoms with Crippen molar-refractivity contribution in [2.75, 3.05) is 31.7 Å². The number of benzene rings is 3. The Balaban J connectivity index is 1.17. The van der Waals surface area contributed by atoms with E-state index in [0.717, 1.165) is 73.0 Å². The molecule has 1 saturated carbocycles. The van der Waals surface area contributed by atoms with Crippen LogP contribution in [0.4, 0.5) is 10.5 Å². The zero-order chi connectivity index (χ0) is 39.0. The lowest BCUT2D eigenvalue weighted by molar-refractivity contribution is -0.129. The number of ether oxygens (including phenoxy) is 3. The Labute approximate surface area is 340 Å². The summed E-state index contributed by atoms with van der Waals surface area (Å²) >= 11 is 19.8. The monoisotopic (exact) mass is 807 g/mol. The number of aryl methyl sites for hydroxylation is 2. The molecule has 2 amide bonds. The molecule has 294 valence electrons. The van der Waals surface area contributed by atoms with Gasteiger partial charge in [0.05, 0.1) is 22.6 Å². The maximum Gasteiger partial charge on any atom is 0.411 e. The van der Waals surface area contributed by atoms with Crippen LogP contribution in [0.5, 0.6) is 5.75 Å². The summed E-state index contributed by atoms with van der Waals surface area (Å²) < 4.78 is 17.5. The summed E-state index contributed by atoms with van der Waals surface area (Å²) in [6.07, 6.45) is 6.21. The number of carbonyl (C=O) groups excluding carboxylic acids is 2. The van der Waals surface area contributed by atoms with E-state index in [1.54, 1.807) is 7.11 Å². The lowest BCUT2D eigenvalue weighted by Gasteiger charge is -2.39. The average molecular weight is 809 g/mol. The highest BCUT2D eigenvalue weighted by Crippen LogP contribution is 2.46. The van der Waals surface area contributed by atoms with Crippen molar-refractivity contribution in [2.24, 2.45) is 0 Å². The maximum absolute atomic E-state index is 15.1. The van der Waals surface area contributed by atoms with Crippen LogP contribution in [-0.4, -0.2) is 78.4 Å². The van der Waals surface area contributed by atoms with Crippen LogP contribution in [0.25, 0.3) is 5.57 Å². The maximum atomic E-state index is 15.1. The van der Waals surface area contributed by atoms with Crippen LogP contribution in [0, 0.1) is 6.92 Å². The fourth-order valence-electron chi connectivity index (χ4n) is 8.36. The number of rotatable bonds is 12. The average Bonchev–Trinajstić information content (AvgIpc) is 3.78. The van der Waals surface area contributed by atoms with Gasteiger partial charge in [0.1, 0.15) is 11.7 Å². The van der Waals surface area contributed by atoms with Gasteiger partial charge in [-0.1, -0.05) is 59.1 Å². The molecule has 1 aliphatic carbocycles. The summed E-state index contributed by atoms with van der Waals surface area (Å²) in [5.74, 6) is 0.513. The van der Waals surface area contributed by atoms with E-state index in [9.17, 15) is 4.79 Å². The summed E-state index contributed by atoms with van der Waals surface area (Å²) in [5.41, 5.74) is 6.25. The van der Waals surface area contributed by atoms with Crippen molar-refractivity contribution in [1.82, 2.24) is 9.80 Å². The quantitative estimate of drug-likeness (QED) is 0.170. The van der Waals surface area contributed by atoms with Crippen molar-refractivity contribution in [3.63, 3.8) is 0 Å². The minimum Gasteiger partial charge on any atom is -0.485 e. The first kappa shape index (κ1) is 39.8. The molecular weight excluding hydrogens is 757 g/mol. The number of halogens is 3. The third-order valence-electron chi connectivity index (χ3n) is 11.1. The topological polar surface area (TPSA) is 71.6 Å². The molecule has 0 radical (unpaired) electrons. The van der Waals surface area contributed by atoms with Crippen LogP contribution in [0.15, 0.2) is 60.2 Å². The van der Waals surface area contributed by atoms with E-state index in [1.165, 1.54) is 5.56 Å². The predicted octanol–water partition coefficient (Wildman–Crippen LogP) is 10.3. The molecule has 3 aromatic rings. The third kappa shape index (κ3) is 9.09. The molecule has 4 aliphatic rings. The van der Waals surface area contributed by atoms with Crippen molar-refractivity contribution in [1.29, 1.82) is 0 Å². The number of hydrogen-bond donors (Lipinski definition) is 0. The number of amides is 2. The molecule has 3 fully saturated rings. The van der Waals surface area contributed by atoms with Crippen LogP contribution in [0.3, 0.4) is 0 Å². The van der Waals surface area contributed by atoms with Crippen molar-refractivity contribution in [3.8, 4) is 5.75 Å². The first-order valence-corrected chi connectivity index (χ1v) is 20.7. The molecule has 3 atom stereocenters. The summed E-state index contributed by atoms with van der Waals surface area (Å²) in [5, 5.41) is 1.69. The molecule has 0 spiro atoms. The van der Waals surface area contributed by atoms with E-state index < -0.39 is 5.60 Å². The first-order chi connectivity index (χ1) is 26.3. The molecule has 2 saturated heterocycles. The molecule has 3 aromatic carbocycles. The zero-order valence-corrected chi connectivity index (χ0v) is 34.8. The molecule has 2 bridgehead atoms. The smallest absolute Gasteiger partial charge is 0.411 e. The predicted molar refractivity (Wildman–Crippen MR) is 221 cm³/mol. The second kappa shape index (κ2) is 16.6. The van der Waals surface area contributed by atoms with Gasteiger partial charge in [-0.2, -0.15) is 0 Å². The molecule has 11 heteroatoms.